The van der Waals surface area contributed by atoms with Gasteiger partial charge in [0.25, 0.3) is 17.7 Å². The van der Waals surface area contributed by atoms with Crippen molar-refractivity contribution in [3.63, 3.8) is 0 Å². The molecule has 1 unspecified atom stereocenters. The minimum absolute atomic E-state index is 0.237. The minimum atomic E-state index is -1.16. The van der Waals surface area contributed by atoms with Crippen LogP contribution in [0.2, 0.25) is 0 Å². The number of rotatable bonds is 6. The molecule has 144 valence electrons. The molecule has 1 atom stereocenters. The van der Waals surface area contributed by atoms with Crippen molar-refractivity contribution < 1.29 is 28.7 Å². The molecule has 0 bridgehead atoms. The highest BCUT2D eigenvalue weighted by Gasteiger charge is 2.41. The molecule has 1 heterocycles. The number of hydrogen-bond donors (Lipinski definition) is 1. The van der Waals surface area contributed by atoms with E-state index in [0.29, 0.717) is 11.4 Å². The van der Waals surface area contributed by atoms with E-state index in [4.69, 9.17) is 9.47 Å². The Morgan fingerprint density at radius 2 is 1.57 bits per heavy atom. The van der Waals surface area contributed by atoms with E-state index in [0.717, 1.165) is 4.90 Å². The van der Waals surface area contributed by atoms with Crippen LogP contribution in [0.3, 0.4) is 0 Å². The third-order valence-electron chi connectivity index (χ3n) is 4.28. The number of benzene rings is 2. The molecule has 3 amide bonds. The summed E-state index contributed by atoms with van der Waals surface area (Å²) in [7, 11) is 1.47. The van der Waals surface area contributed by atoms with Crippen LogP contribution in [-0.4, -0.2) is 48.3 Å². The molecule has 0 aliphatic carbocycles. The number of imide groups is 1. The lowest BCUT2D eigenvalue weighted by atomic mass is 10.1. The van der Waals surface area contributed by atoms with Crippen molar-refractivity contribution >= 4 is 29.4 Å². The summed E-state index contributed by atoms with van der Waals surface area (Å²) in [5, 5.41) is 2.57. The van der Waals surface area contributed by atoms with Crippen molar-refractivity contribution in [1.82, 2.24) is 4.90 Å². The molecule has 1 N–H and O–H groups in total. The second-order valence-corrected chi connectivity index (χ2v) is 6.06. The first-order valence-electron chi connectivity index (χ1n) is 8.50. The highest BCUT2D eigenvalue weighted by atomic mass is 16.5. The lowest BCUT2D eigenvalue weighted by Gasteiger charge is -2.20. The van der Waals surface area contributed by atoms with Gasteiger partial charge in [0.05, 0.1) is 23.9 Å². The number of nitrogens with zero attached hydrogens (tertiary/aromatic N) is 1. The smallest absolute Gasteiger partial charge is 0.329 e. The molecular formula is C20H18N2O6. The van der Waals surface area contributed by atoms with Gasteiger partial charge in [-0.1, -0.05) is 24.3 Å². The van der Waals surface area contributed by atoms with Gasteiger partial charge in [0.1, 0.15) is 11.8 Å². The monoisotopic (exact) mass is 382 g/mol. The maximum atomic E-state index is 12.4. The number of para-hydroxylation sites is 2. The molecule has 3 rings (SSSR count). The topological polar surface area (TPSA) is 102 Å². The van der Waals surface area contributed by atoms with Crippen molar-refractivity contribution in [1.29, 1.82) is 0 Å². The number of ether oxygens (including phenoxy) is 2. The maximum Gasteiger partial charge on any atom is 0.329 e. The van der Waals surface area contributed by atoms with Crippen molar-refractivity contribution in [3.05, 3.63) is 59.7 Å². The van der Waals surface area contributed by atoms with Crippen LogP contribution in [0.4, 0.5) is 5.69 Å². The standard InChI is InChI=1S/C20H18N2O6/c1-12(22-18(24)13-7-3-4-8-14(13)19(22)25)20(26)28-11-17(23)21-15-9-5-6-10-16(15)27-2/h3-10,12H,11H2,1-2H3,(H,21,23). The molecule has 0 spiro atoms. The van der Waals surface area contributed by atoms with Gasteiger partial charge in [-0.3, -0.25) is 19.3 Å². The molecule has 0 saturated carbocycles. The number of anilines is 1. The summed E-state index contributed by atoms with van der Waals surface area (Å²) in [4.78, 5) is 50.0. The Morgan fingerprint density at radius 1 is 1.00 bits per heavy atom. The van der Waals surface area contributed by atoms with Crippen LogP contribution in [0.5, 0.6) is 5.75 Å². The molecule has 1 aliphatic rings. The number of carbonyl (C=O) groups is 4. The van der Waals surface area contributed by atoms with Crippen LogP contribution in [0, 0.1) is 0 Å². The molecule has 0 saturated heterocycles. The largest absolute Gasteiger partial charge is 0.495 e. The molecule has 0 aromatic heterocycles. The van der Waals surface area contributed by atoms with Crippen LogP contribution in [0.1, 0.15) is 27.6 Å². The molecule has 2 aromatic carbocycles. The number of nitrogens with one attached hydrogen (secondary N) is 1. The van der Waals surface area contributed by atoms with Gasteiger partial charge in [-0.05, 0) is 31.2 Å². The fraction of sp³-hybridized carbons (Fsp3) is 0.200. The molecule has 0 radical (unpaired) electrons. The SMILES string of the molecule is COc1ccccc1NC(=O)COC(=O)C(C)N1C(=O)c2ccccc2C1=O. The molecule has 28 heavy (non-hydrogen) atoms. The summed E-state index contributed by atoms with van der Waals surface area (Å²) in [6, 6.07) is 11.9. The lowest BCUT2D eigenvalue weighted by Crippen LogP contribution is -2.44. The van der Waals surface area contributed by atoms with Gasteiger partial charge >= 0.3 is 5.97 Å². The lowest BCUT2D eigenvalue weighted by molar-refractivity contribution is -0.150. The Bertz CT molecular complexity index is 920. The third-order valence-corrected chi connectivity index (χ3v) is 4.28. The first kappa shape index (κ1) is 19.1. The van der Waals surface area contributed by atoms with Gasteiger partial charge in [-0.2, -0.15) is 0 Å². The van der Waals surface area contributed by atoms with Gasteiger partial charge in [-0.25, -0.2) is 4.79 Å². The van der Waals surface area contributed by atoms with Crippen LogP contribution in [-0.2, 0) is 14.3 Å². The maximum absolute atomic E-state index is 12.4. The van der Waals surface area contributed by atoms with Gasteiger partial charge in [0.15, 0.2) is 6.61 Å². The fourth-order valence-electron chi connectivity index (χ4n) is 2.86. The normalized spacial score (nSPS) is 13.7. The van der Waals surface area contributed by atoms with E-state index in [2.05, 4.69) is 5.32 Å². The average Bonchev–Trinajstić information content (AvgIpc) is 2.96. The predicted octanol–water partition coefficient (Wildman–Crippen LogP) is 1.86. The van der Waals surface area contributed by atoms with Gasteiger partial charge in [0, 0.05) is 0 Å². The summed E-state index contributed by atoms with van der Waals surface area (Å²) in [6.45, 7) is 0.812. The Morgan fingerprint density at radius 3 is 2.18 bits per heavy atom. The van der Waals surface area contributed by atoms with E-state index in [1.165, 1.54) is 26.2 Å². The highest BCUT2D eigenvalue weighted by Crippen LogP contribution is 2.25. The summed E-state index contributed by atoms with van der Waals surface area (Å²) >= 11 is 0. The van der Waals surface area contributed by atoms with Crippen molar-refractivity contribution in [2.45, 2.75) is 13.0 Å². The Balaban J connectivity index is 1.60. The van der Waals surface area contributed by atoms with E-state index in [-0.39, 0.29) is 11.1 Å². The Hall–Kier alpha value is -3.68. The van der Waals surface area contributed by atoms with E-state index >= 15 is 0 Å². The average molecular weight is 382 g/mol. The second-order valence-electron chi connectivity index (χ2n) is 6.06. The summed E-state index contributed by atoms with van der Waals surface area (Å²) < 4.78 is 10.1. The minimum Gasteiger partial charge on any atom is -0.495 e. The molecule has 8 nitrogen and oxygen atoms in total. The summed E-state index contributed by atoms with van der Waals surface area (Å²) in [6.07, 6.45) is 0. The molecule has 1 aliphatic heterocycles. The van der Waals surface area contributed by atoms with E-state index < -0.39 is 36.3 Å². The first-order chi connectivity index (χ1) is 13.4. The zero-order valence-electron chi connectivity index (χ0n) is 15.3. The summed E-state index contributed by atoms with van der Waals surface area (Å²) in [5.74, 6) is -2.11. The third kappa shape index (κ3) is 3.57. The van der Waals surface area contributed by atoms with Gasteiger partial charge < -0.3 is 14.8 Å². The second kappa shape index (κ2) is 7.91. The van der Waals surface area contributed by atoms with Crippen molar-refractivity contribution in [2.75, 3.05) is 19.0 Å². The van der Waals surface area contributed by atoms with Crippen LogP contribution in [0.15, 0.2) is 48.5 Å². The number of carbonyl (C=O) groups excluding carboxylic acids is 4. The van der Waals surface area contributed by atoms with E-state index in [1.807, 2.05) is 0 Å². The zero-order chi connectivity index (χ0) is 20.3. The van der Waals surface area contributed by atoms with Crippen LogP contribution >= 0.6 is 0 Å². The van der Waals surface area contributed by atoms with Gasteiger partial charge in [-0.15, -0.1) is 0 Å². The number of esters is 1. The highest BCUT2D eigenvalue weighted by molar-refractivity contribution is 6.22. The van der Waals surface area contributed by atoms with Crippen LogP contribution < -0.4 is 10.1 Å². The first-order valence-corrected chi connectivity index (χ1v) is 8.50. The Kier molecular flexibility index (Phi) is 5.39. The quantitative estimate of drug-likeness (QED) is 0.604. The zero-order valence-corrected chi connectivity index (χ0v) is 15.3. The number of hydrogen-bond acceptors (Lipinski definition) is 6. The Labute approximate surface area is 161 Å². The van der Waals surface area contributed by atoms with Crippen LogP contribution in [0.25, 0.3) is 0 Å². The van der Waals surface area contributed by atoms with E-state index in [9.17, 15) is 19.2 Å². The van der Waals surface area contributed by atoms with Gasteiger partial charge in [0.2, 0.25) is 0 Å². The molecule has 2 aromatic rings. The molecule has 0 fully saturated rings. The predicted molar refractivity (Wildman–Crippen MR) is 99.0 cm³/mol. The molecule has 8 heteroatoms. The summed E-state index contributed by atoms with van der Waals surface area (Å²) in [5.41, 5.74) is 0.904. The van der Waals surface area contributed by atoms with E-state index in [1.54, 1.807) is 36.4 Å². The van der Waals surface area contributed by atoms with Crippen molar-refractivity contribution in [3.8, 4) is 5.75 Å². The number of fused-ring (bicyclic) bond motifs is 1. The number of amides is 3. The van der Waals surface area contributed by atoms with Crippen molar-refractivity contribution in [2.24, 2.45) is 0 Å². The molecular weight excluding hydrogens is 364 g/mol. The fourth-order valence-corrected chi connectivity index (χ4v) is 2.86. The number of methoxy groups -OCH3 is 1.